The maximum absolute atomic E-state index is 12.2. The smallest absolute Gasteiger partial charge is 0.305 e. The number of aryl methyl sites for hydroxylation is 1. The van der Waals surface area contributed by atoms with Crippen molar-refractivity contribution in [2.75, 3.05) is 11.9 Å². The van der Waals surface area contributed by atoms with Crippen LogP contribution in [0.5, 0.6) is 0 Å². The largest absolute Gasteiger partial charge is 0.466 e. The molecular formula is C30H35BrO2. The van der Waals surface area contributed by atoms with Crippen molar-refractivity contribution in [3.05, 3.63) is 60.2 Å². The number of unbranched alkanes of at least 4 members (excludes halogenated alkanes) is 7. The molecule has 0 bridgehead atoms. The van der Waals surface area contributed by atoms with Crippen LogP contribution in [0.4, 0.5) is 0 Å². The zero-order valence-electron chi connectivity index (χ0n) is 19.6. The van der Waals surface area contributed by atoms with Crippen molar-refractivity contribution >= 4 is 54.2 Å². The molecular weight excluding hydrogens is 472 g/mol. The number of alkyl halides is 1. The lowest BCUT2D eigenvalue weighted by Crippen LogP contribution is -2.06. The highest BCUT2D eigenvalue weighted by molar-refractivity contribution is 9.09. The fourth-order valence-corrected chi connectivity index (χ4v) is 5.35. The van der Waals surface area contributed by atoms with Gasteiger partial charge in [0.15, 0.2) is 0 Å². The summed E-state index contributed by atoms with van der Waals surface area (Å²) in [5, 5.41) is 9.02. The minimum Gasteiger partial charge on any atom is -0.466 e. The number of carbonyl (C=O) groups is 1. The first kappa shape index (κ1) is 24.0. The Morgan fingerprint density at radius 2 is 1.27 bits per heavy atom. The van der Waals surface area contributed by atoms with Gasteiger partial charge in [-0.2, -0.15) is 0 Å². The molecule has 0 radical (unpaired) electrons. The highest BCUT2D eigenvalue weighted by atomic mass is 79.9. The van der Waals surface area contributed by atoms with Crippen molar-refractivity contribution in [3.63, 3.8) is 0 Å². The standard InChI is InChI=1S/C30H35BrO2/c31-21-7-5-3-1-2-4-6-8-22-33-28(32)14-10-11-23-15-16-26-18-17-24-12-9-13-25-19-20-27(23)30(26)29(24)25/h9,12-13,15-20H,1-8,10-11,14,21-22H2. The molecule has 0 fully saturated rings. The van der Waals surface area contributed by atoms with Crippen molar-refractivity contribution in [3.8, 4) is 0 Å². The van der Waals surface area contributed by atoms with E-state index in [1.165, 1.54) is 76.4 Å². The van der Waals surface area contributed by atoms with Crippen LogP contribution >= 0.6 is 15.9 Å². The van der Waals surface area contributed by atoms with Gasteiger partial charge in [-0.15, -0.1) is 0 Å². The van der Waals surface area contributed by atoms with Crippen LogP contribution in [0.15, 0.2) is 54.6 Å². The molecule has 0 aromatic heterocycles. The predicted octanol–water partition coefficient (Wildman–Crippen LogP) is 8.97. The van der Waals surface area contributed by atoms with Gasteiger partial charge in [0.25, 0.3) is 0 Å². The first-order valence-electron chi connectivity index (χ1n) is 12.6. The third-order valence-electron chi connectivity index (χ3n) is 6.74. The molecule has 4 rings (SSSR count). The van der Waals surface area contributed by atoms with Crippen LogP contribution in [-0.4, -0.2) is 17.9 Å². The van der Waals surface area contributed by atoms with Crippen LogP contribution in [0.1, 0.15) is 69.8 Å². The second-order valence-corrected chi connectivity index (χ2v) is 9.97. The van der Waals surface area contributed by atoms with Crippen LogP contribution in [-0.2, 0) is 16.0 Å². The van der Waals surface area contributed by atoms with Crippen LogP contribution in [0.2, 0.25) is 0 Å². The van der Waals surface area contributed by atoms with Gasteiger partial charge in [0, 0.05) is 11.8 Å². The first-order chi connectivity index (χ1) is 16.3. The Kier molecular flexibility index (Phi) is 9.00. The molecule has 0 saturated carbocycles. The van der Waals surface area contributed by atoms with E-state index < -0.39 is 0 Å². The van der Waals surface area contributed by atoms with Gasteiger partial charge in [-0.05, 0) is 63.6 Å². The van der Waals surface area contributed by atoms with Gasteiger partial charge in [0.05, 0.1) is 6.61 Å². The minimum absolute atomic E-state index is 0.0533. The second kappa shape index (κ2) is 12.4. The Morgan fingerprint density at radius 1 is 0.667 bits per heavy atom. The molecule has 33 heavy (non-hydrogen) atoms. The van der Waals surface area contributed by atoms with E-state index in [0.717, 1.165) is 31.0 Å². The second-order valence-electron chi connectivity index (χ2n) is 9.17. The lowest BCUT2D eigenvalue weighted by molar-refractivity contribution is -0.143. The quantitative estimate of drug-likeness (QED) is 0.0737. The average molecular weight is 508 g/mol. The normalized spacial score (nSPS) is 11.7. The van der Waals surface area contributed by atoms with Crippen LogP contribution in [0, 0.1) is 0 Å². The summed E-state index contributed by atoms with van der Waals surface area (Å²) in [5.41, 5.74) is 1.32. The van der Waals surface area contributed by atoms with Gasteiger partial charge in [-0.25, -0.2) is 0 Å². The minimum atomic E-state index is -0.0533. The Hall–Kier alpha value is -2.13. The molecule has 0 heterocycles. The van der Waals surface area contributed by atoms with E-state index in [0.29, 0.717) is 13.0 Å². The summed E-state index contributed by atoms with van der Waals surface area (Å²) >= 11 is 3.48. The van der Waals surface area contributed by atoms with Gasteiger partial charge in [-0.1, -0.05) is 109 Å². The van der Waals surface area contributed by atoms with Crippen molar-refractivity contribution < 1.29 is 9.53 Å². The summed E-state index contributed by atoms with van der Waals surface area (Å²) in [4.78, 5) is 12.2. The number of benzene rings is 4. The Bertz CT molecular complexity index is 1150. The van der Waals surface area contributed by atoms with E-state index in [2.05, 4.69) is 70.5 Å². The van der Waals surface area contributed by atoms with E-state index >= 15 is 0 Å². The number of hydrogen-bond acceptors (Lipinski definition) is 2. The van der Waals surface area contributed by atoms with E-state index in [1.54, 1.807) is 0 Å². The van der Waals surface area contributed by atoms with Crippen molar-refractivity contribution in [1.29, 1.82) is 0 Å². The lowest BCUT2D eigenvalue weighted by Gasteiger charge is -2.14. The summed E-state index contributed by atoms with van der Waals surface area (Å²) in [6.07, 6.45) is 12.2. The van der Waals surface area contributed by atoms with E-state index in [-0.39, 0.29) is 5.97 Å². The molecule has 0 aliphatic heterocycles. The number of esters is 1. The van der Waals surface area contributed by atoms with Crippen LogP contribution < -0.4 is 0 Å². The van der Waals surface area contributed by atoms with Gasteiger partial charge >= 0.3 is 5.97 Å². The Labute approximate surface area is 206 Å². The highest BCUT2D eigenvalue weighted by Gasteiger charge is 2.11. The van der Waals surface area contributed by atoms with Crippen molar-refractivity contribution in [1.82, 2.24) is 0 Å². The number of rotatable bonds is 14. The zero-order valence-corrected chi connectivity index (χ0v) is 21.2. The Balaban J connectivity index is 1.21. The van der Waals surface area contributed by atoms with Gasteiger partial charge < -0.3 is 4.74 Å². The number of carbonyl (C=O) groups excluding carboxylic acids is 1. The van der Waals surface area contributed by atoms with Gasteiger partial charge in [0.2, 0.25) is 0 Å². The molecule has 3 heteroatoms. The summed E-state index contributed by atoms with van der Waals surface area (Å²) in [6, 6.07) is 19.9. The van der Waals surface area contributed by atoms with Crippen molar-refractivity contribution in [2.45, 2.75) is 70.6 Å². The molecule has 4 aromatic carbocycles. The zero-order chi connectivity index (χ0) is 22.9. The van der Waals surface area contributed by atoms with E-state index in [4.69, 9.17) is 4.74 Å². The first-order valence-corrected chi connectivity index (χ1v) is 13.8. The molecule has 174 valence electrons. The summed E-state index contributed by atoms with van der Waals surface area (Å²) < 4.78 is 5.48. The fraction of sp³-hybridized carbons (Fsp3) is 0.433. The highest BCUT2D eigenvalue weighted by Crippen LogP contribution is 2.36. The van der Waals surface area contributed by atoms with Crippen molar-refractivity contribution in [2.24, 2.45) is 0 Å². The maximum atomic E-state index is 12.2. The fourth-order valence-electron chi connectivity index (χ4n) is 4.95. The number of halogens is 1. The molecule has 0 aliphatic rings. The summed E-state index contributed by atoms with van der Waals surface area (Å²) in [7, 11) is 0. The molecule has 4 aromatic rings. The van der Waals surface area contributed by atoms with Gasteiger partial charge in [-0.3, -0.25) is 4.79 Å². The summed E-state index contributed by atoms with van der Waals surface area (Å²) in [5.74, 6) is -0.0533. The molecule has 0 unspecified atom stereocenters. The topological polar surface area (TPSA) is 26.3 Å². The molecule has 0 spiro atoms. The lowest BCUT2D eigenvalue weighted by atomic mass is 9.90. The van der Waals surface area contributed by atoms with E-state index in [1.807, 2.05) is 0 Å². The predicted molar refractivity (Wildman–Crippen MR) is 145 cm³/mol. The molecule has 0 atom stereocenters. The third-order valence-corrected chi connectivity index (χ3v) is 7.30. The van der Waals surface area contributed by atoms with Crippen LogP contribution in [0.3, 0.4) is 0 Å². The molecule has 2 nitrogen and oxygen atoms in total. The van der Waals surface area contributed by atoms with E-state index in [9.17, 15) is 4.79 Å². The molecule has 0 saturated heterocycles. The molecule has 0 aliphatic carbocycles. The summed E-state index contributed by atoms with van der Waals surface area (Å²) in [6.45, 7) is 0.571. The SMILES string of the molecule is O=C(CCCc1ccc2ccc3cccc4ccc1c2c34)OCCCCCCCCCCBr. The Morgan fingerprint density at radius 3 is 2.00 bits per heavy atom. The third kappa shape index (κ3) is 6.26. The molecule has 0 N–H and O–H groups in total. The average Bonchev–Trinajstić information content (AvgIpc) is 2.84. The monoisotopic (exact) mass is 506 g/mol. The number of ether oxygens (including phenoxy) is 1. The van der Waals surface area contributed by atoms with Crippen LogP contribution in [0.25, 0.3) is 32.3 Å². The maximum Gasteiger partial charge on any atom is 0.305 e. The number of hydrogen-bond donors (Lipinski definition) is 0. The van der Waals surface area contributed by atoms with Gasteiger partial charge in [0.1, 0.15) is 0 Å². The molecule has 0 amide bonds.